The third-order valence-electron chi connectivity index (χ3n) is 6.00. The van der Waals surface area contributed by atoms with E-state index in [0.717, 1.165) is 6.42 Å². The third kappa shape index (κ3) is 4.59. The number of piperazine rings is 1. The fraction of sp³-hybridized carbons (Fsp3) is 0.417. The Morgan fingerprint density at radius 1 is 1.03 bits per heavy atom. The lowest BCUT2D eigenvalue weighted by atomic mass is 10.0. The van der Waals surface area contributed by atoms with E-state index in [1.807, 2.05) is 21.9 Å². The topological polar surface area (TPSA) is 91.6 Å². The van der Waals surface area contributed by atoms with E-state index in [4.69, 9.17) is 0 Å². The standard InChI is InChI=1S/C24H29N5O3/c1-2-3-4-5-7-18-9-11-19(12-10-18)23(30)28-16-14-27(15-17-28)22-20-8-6-13-25-21(20)29(32)24(31)26-22/h6,8-13,32H,2-5,7,14-17H2,1H3. The molecule has 8 nitrogen and oxygen atoms in total. The normalized spacial score (nSPS) is 14.2. The number of aryl methyl sites for hydroxylation is 1. The van der Waals surface area contributed by atoms with E-state index in [-0.39, 0.29) is 11.6 Å². The molecule has 0 radical (unpaired) electrons. The van der Waals surface area contributed by atoms with Crippen molar-refractivity contribution in [2.45, 2.75) is 39.0 Å². The zero-order chi connectivity index (χ0) is 22.5. The molecule has 1 aliphatic rings. The molecule has 3 aromatic rings. The van der Waals surface area contributed by atoms with E-state index in [9.17, 15) is 14.8 Å². The van der Waals surface area contributed by atoms with Gasteiger partial charge in [-0.05, 0) is 42.7 Å². The summed E-state index contributed by atoms with van der Waals surface area (Å²) in [6, 6.07) is 11.5. The lowest BCUT2D eigenvalue weighted by molar-refractivity contribution is 0.0746. The Bertz CT molecular complexity index is 1130. The summed E-state index contributed by atoms with van der Waals surface area (Å²) in [6.45, 7) is 4.37. The van der Waals surface area contributed by atoms with Crippen molar-refractivity contribution >= 4 is 22.8 Å². The smallest absolute Gasteiger partial charge is 0.384 e. The van der Waals surface area contributed by atoms with E-state index in [0.29, 0.717) is 47.7 Å². The number of carbonyl (C=O) groups is 1. The van der Waals surface area contributed by atoms with Crippen LogP contribution in [0.4, 0.5) is 5.82 Å². The second-order valence-corrected chi connectivity index (χ2v) is 8.19. The number of unbranched alkanes of at least 4 members (excludes halogenated alkanes) is 3. The molecule has 2 aromatic heterocycles. The monoisotopic (exact) mass is 435 g/mol. The van der Waals surface area contributed by atoms with E-state index >= 15 is 0 Å². The molecule has 1 aromatic carbocycles. The first kappa shape index (κ1) is 21.8. The van der Waals surface area contributed by atoms with Gasteiger partial charge in [-0.15, -0.1) is 4.73 Å². The highest BCUT2D eigenvalue weighted by Crippen LogP contribution is 2.22. The average Bonchev–Trinajstić information content (AvgIpc) is 2.84. The van der Waals surface area contributed by atoms with Gasteiger partial charge in [0.2, 0.25) is 0 Å². The van der Waals surface area contributed by atoms with Crippen LogP contribution in [0, 0.1) is 0 Å². The highest BCUT2D eigenvalue weighted by atomic mass is 16.5. The summed E-state index contributed by atoms with van der Waals surface area (Å²) in [4.78, 5) is 36.9. The van der Waals surface area contributed by atoms with Gasteiger partial charge in [0.05, 0.1) is 5.39 Å². The average molecular weight is 436 g/mol. The molecular formula is C24H29N5O3. The van der Waals surface area contributed by atoms with Crippen molar-refractivity contribution in [2.24, 2.45) is 0 Å². The number of fused-ring (bicyclic) bond motifs is 1. The molecule has 0 atom stereocenters. The second kappa shape index (κ2) is 9.80. The predicted octanol–water partition coefficient (Wildman–Crippen LogP) is 3.11. The van der Waals surface area contributed by atoms with Gasteiger partial charge in [-0.2, -0.15) is 4.98 Å². The predicted molar refractivity (Wildman–Crippen MR) is 123 cm³/mol. The minimum Gasteiger partial charge on any atom is -0.422 e. The summed E-state index contributed by atoms with van der Waals surface area (Å²) in [6.07, 6.45) is 7.50. The van der Waals surface area contributed by atoms with Gasteiger partial charge in [-0.25, -0.2) is 9.78 Å². The molecule has 4 rings (SSSR count). The molecule has 32 heavy (non-hydrogen) atoms. The number of hydrogen-bond acceptors (Lipinski definition) is 6. The second-order valence-electron chi connectivity index (χ2n) is 8.19. The zero-order valence-electron chi connectivity index (χ0n) is 18.4. The molecule has 0 spiro atoms. The summed E-state index contributed by atoms with van der Waals surface area (Å²) < 4.78 is 0.464. The number of nitrogens with zero attached hydrogens (tertiary/aromatic N) is 5. The fourth-order valence-corrected chi connectivity index (χ4v) is 4.14. The molecule has 1 amide bonds. The SMILES string of the molecule is CCCCCCc1ccc(C(=O)N2CCN(c3nc(=O)n(O)c4ncccc34)CC2)cc1. The first-order chi connectivity index (χ1) is 15.6. The maximum atomic E-state index is 13.0. The Morgan fingerprint density at radius 2 is 1.78 bits per heavy atom. The van der Waals surface area contributed by atoms with Crippen molar-refractivity contribution in [1.29, 1.82) is 0 Å². The lowest BCUT2D eigenvalue weighted by Gasteiger charge is -2.35. The van der Waals surface area contributed by atoms with Gasteiger partial charge in [0.15, 0.2) is 5.65 Å². The Labute approximate surface area is 187 Å². The van der Waals surface area contributed by atoms with Crippen molar-refractivity contribution in [3.63, 3.8) is 0 Å². The van der Waals surface area contributed by atoms with Crippen LogP contribution in [-0.2, 0) is 6.42 Å². The maximum absolute atomic E-state index is 13.0. The number of pyridine rings is 1. The summed E-state index contributed by atoms with van der Waals surface area (Å²) in [5.74, 6) is 0.510. The fourth-order valence-electron chi connectivity index (χ4n) is 4.14. The molecule has 0 unspecified atom stereocenters. The molecule has 0 aliphatic carbocycles. The van der Waals surface area contributed by atoms with Crippen LogP contribution in [0.5, 0.6) is 0 Å². The van der Waals surface area contributed by atoms with Crippen LogP contribution in [0.15, 0.2) is 47.4 Å². The first-order valence-electron chi connectivity index (χ1n) is 11.3. The molecule has 1 aliphatic heterocycles. The number of rotatable bonds is 7. The molecule has 1 fully saturated rings. The summed E-state index contributed by atoms with van der Waals surface area (Å²) >= 11 is 0. The van der Waals surface area contributed by atoms with Crippen molar-refractivity contribution < 1.29 is 10.0 Å². The molecule has 3 heterocycles. The van der Waals surface area contributed by atoms with Crippen LogP contribution in [-0.4, -0.2) is 56.9 Å². The van der Waals surface area contributed by atoms with Crippen molar-refractivity contribution in [3.05, 3.63) is 64.2 Å². The van der Waals surface area contributed by atoms with Crippen molar-refractivity contribution in [2.75, 3.05) is 31.1 Å². The van der Waals surface area contributed by atoms with Gasteiger partial charge < -0.3 is 15.0 Å². The van der Waals surface area contributed by atoms with Crippen LogP contribution in [0.3, 0.4) is 0 Å². The van der Waals surface area contributed by atoms with Crippen LogP contribution in [0.1, 0.15) is 48.5 Å². The van der Waals surface area contributed by atoms with Gasteiger partial charge in [-0.3, -0.25) is 4.79 Å². The maximum Gasteiger partial charge on any atom is 0.384 e. The minimum atomic E-state index is -0.764. The van der Waals surface area contributed by atoms with Crippen molar-refractivity contribution in [3.8, 4) is 0 Å². The molecule has 1 saturated heterocycles. The van der Waals surface area contributed by atoms with E-state index in [1.165, 1.54) is 37.4 Å². The van der Waals surface area contributed by atoms with Gasteiger partial charge in [0, 0.05) is 37.9 Å². The molecule has 0 bridgehead atoms. The lowest BCUT2D eigenvalue weighted by Crippen LogP contribution is -2.49. The number of anilines is 1. The first-order valence-corrected chi connectivity index (χ1v) is 11.3. The minimum absolute atomic E-state index is 0.0208. The van der Waals surface area contributed by atoms with Gasteiger partial charge >= 0.3 is 5.69 Å². The van der Waals surface area contributed by atoms with Crippen molar-refractivity contribution in [1.82, 2.24) is 19.6 Å². The number of hydrogen-bond donors (Lipinski definition) is 1. The number of carbonyl (C=O) groups excluding carboxylic acids is 1. The molecular weight excluding hydrogens is 406 g/mol. The van der Waals surface area contributed by atoms with Gasteiger partial charge in [-0.1, -0.05) is 38.3 Å². The largest absolute Gasteiger partial charge is 0.422 e. The molecule has 0 saturated carbocycles. The van der Waals surface area contributed by atoms with E-state index in [2.05, 4.69) is 29.0 Å². The van der Waals surface area contributed by atoms with Gasteiger partial charge in [0.1, 0.15) is 5.82 Å². The summed E-state index contributed by atoms with van der Waals surface area (Å²) in [7, 11) is 0. The Hall–Kier alpha value is -3.42. The quantitative estimate of drug-likeness (QED) is 0.453. The van der Waals surface area contributed by atoms with E-state index in [1.54, 1.807) is 12.1 Å². The molecule has 1 N–H and O–H groups in total. The number of benzene rings is 1. The molecule has 168 valence electrons. The zero-order valence-corrected chi connectivity index (χ0v) is 18.4. The van der Waals surface area contributed by atoms with Crippen LogP contribution in [0.25, 0.3) is 11.0 Å². The van der Waals surface area contributed by atoms with Crippen LogP contribution in [0.2, 0.25) is 0 Å². The third-order valence-corrected chi connectivity index (χ3v) is 6.00. The highest BCUT2D eigenvalue weighted by Gasteiger charge is 2.25. The van der Waals surface area contributed by atoms with E-state index < -0.39 is 5.69 Å². The number of amides is 1. The Kier molecular flexibility index (Phi) is 6.68. The van der Waals surface area contributed by atoms with Crippen LogP contribution < -0.4 is 10.6 Å². The molecule has 8 heteroatoms. The summed E-state index contributed by atoms with van der Waals surface area (Å²) in [5.41, 5.74) is 1.38. The summed E-state index contributed by atoms with van der Waals surface area (Å²) in [5, 5.41) is 10.5. The Morgan fingerprint density at radius 3 is 2.50 bits per heavy atom. The highest BCUT2D eigenvalue weighted by molar-refractivity contribution is 5.94. The van der Waals surface area contributed by atoms with Gasteiger partial charge in [0.25, 0.3) is 5.91 Å². The van der Waals surface area contributed by atoms with Crippen LogP contribution >= 0.6 is 0 Å². The Balaban J connectivity index is 1.40. The number of aromatic nitrogens is 3.